The van der Waals surface area contributed by atoms with Gasteiger partial charge in [-0.15, -0.1) is 0 Å². The number of aromatic amines is 1. The van der Waals surface area contributed by atoms with E-state index in [4.69, 9.17) is 0 Å². The number of anilines is 1. The lowest BCUT2D eigenvalue weighted by Gasteiger charge is -2.07. The molecular formula is C18H16IN3O2. The summed E-state index contributed by atoms with van der Waals surface area (Å²) in [4.78, 5) is 31.3. The number of hydrogen-bond acceptors (Lipinski definition) is 3. The van der Waals surface area contributed by atoms with Crippen LogP contribution >= 0.6 is 22.6 Å². The second-order valence-electron chi connectivity index (χ2n) is 5.41. The number of fused-ring (bicyclic) bond motifs is 1. The third kappa shape index (κ3) is 4.00. The molecule has 24 heavy (non-hydrogen) atoms. The smallest absolute Gasteiger partial charge is 0.258 e. The number of amides is 1. The molecule has 1 amide bonds. The van der Waals surface area contributed by atoms with Gasteiger partial charge in [0.1, 0.15) is 5.82 Å². The van der Waals surface area contributed by atoms with Crippen LogP contribution in [0.3, 0.4) is 0 Å². The number of nitrogens with zero attached hydrogens (tertiary/aromatic N) is 1. The van der Waals surface area contributed by atoms with Gasteiger partial charge >= 0.3 is 0 Å². The molecule has 0 atom stereocenters. The first kappa shape index (κ1) is 16.6. The van der Waals surface area contributed by atoms with Gasteiger partial charge in [0.05, 0.1) is 16.6 Å². The molecule has 1 heterocycles. The number of carbonyl (C=O) groups excluding carboxylic acids is 1. The molecule has 2 aromatic carbocycles. The molecule has 5 nitrogen and oxygen atoms in total. The van der Waals surface area contributed by atoms with Crippen LogP contribution < -0.4 is 10.9 Å². The number of carbonyl (C=O) groups is 1. The monoisotopic (exact) mass is 433 g/mol. The molecule has 0 bridgehead atoms. The maximum Gasteiger partial charge on any atom is 0.258 e. The molecule has 2 N–H and O–H groups in total. The highest BCUT2D eigenvalue weighted by Gasteiger charge is 2.07. The van der Waals surface area contributed by atoms with Crippen LogP contribution in [0.15, 0.2) is 53.3 Å². The lowest BCUT2D eigenvalue weighted by molar-refractivity contribution is -0.116. The van der Waals surface area contributed by atoms with E-state index in [-0.39, 0.29) is 11.5 Å². The molecule has 0 saturated carbocycles. The van der Waals surface area contributed by atoms with E-state index in [2.05, 4.69) is 37.9 Å². The van der Waals surface area contributed by atoms with Gasteiger partial charge in [-0.2, -0.15) is 0 Å². The second kappa shape index (κ2) is 7.57. The van der Waals surface area contributed by atoms with Gasteiger partial charge in [0.2, 0.25) is 5.91 Å². The van der Waals surface area contributed by atoms with Crippen molar-refractivity contribution in [3.8, 4) is 0 Å². The fourth-order valence-electron chi connectivity index (χ4n) is 2.44. The third-order valence-corrected chi connectivity index (χ3v) is 4.57. The zero-order valence-electron chi connectivity index (χ0n) is 12.9. The van der Waals surface area contributed by atoms with Gasteiger partial charge in [-0.25, -0.2) is 4.98 Å². The van der Waals surface area contributed by atoms with Crippen molar-refractivity contribution in [2.24, 2.45) is 0 Å². The van der Waals surface area contributed by atoms with Gasteiger partial charge in [0, 0.05) is 16.4 Å². The number of halogens is 1. The normalized spacial score (nSPS) is 10.7. The predicted molar refractivity (Wildman–Crippen MR) is 103 cm³/mol. The topological polar surface area (TPSA) is 74.8 Å². The summed E-state index contributed by atoms with van der Waals surface area (Å²) >= 11 is 2.19. The molecule has 0 radical (unpaired) electrons. The van der Waals surface area contributed by atoms with Crippen molar-refractivity contribution in [1.82, 2.24) is 9.97 Å². The van der Waals surface area contributed by atoms with Gasteiger partial charge in [-0.1, -0.05) is 24.3 Å². The highest BCUT2D eigenvalue weighted by molar-refractivity contribution is 14.1. The number of aromatic nitrogens is 2. The van der Waals surface area contributed by atoms with Crippen molar-refractivity contribution >= 4 is 45.1 Å². The van der Waals surface area contributed by atoms with Crippen LogP contribution in [0, 0.1) is 3.57 Å². The average Bonchev–Trinajstić information content (AvgIpc) is 2.57. The number of aryl methyl sites for hydroxylation is 1. The third-order valence-electron chi connectivity index (χ3n) is 3.63. The van der Waals surface area contributed by atoms with Crippen molar-refractivity contribution < 1.29 is 4.79 Å². The molecule has 0 unspecified atom stereocenters. The van der Waals surface area contributed by atoms with Crippen molar-refractivity contribution in [3.63, 3.8) is 0 Å². The summed E-state index contributed by atoms with van der Waals surface area (Å²) in [5.41, 5.74) is 1.36. The van der Waals surface area contributed by atoms with Crippen LogP contribution in [0.1, 0.15) is 18.7 Å². The lowest BCUT2D eigenvalue weighted by atomic mass is 10.2. The first-order valence-corrected chi connectivity index (χ1v) is 8.74. The maximum atomic E-state index is 12.0. The van der Waals surface area contributed by atoms with Crippen LogP contribution in [-0.2, 0) is 11.2 Å². The van der Waals surface area contributed by atoms with E-state index in [0.717, 1.165) is 9.26 Å². The summed E-state index contributed by atoms with van der Waals surface area (Å²) in [5, 5.41) is 3.48. The summed E-state index contributed by atoms with van der Waals surface area (Å²) in [6.07, 6.45) is 1.55. The highest BCUT2D eigenvalue weighted by atomic mass is 127. The largest absolute Gasteiger partial charge is 0.325 e. The second-order valence-corrected chi connectivity index (χ2v) is 6.57. The summed E-state index contributed by atoms with van der Waals surface area (Å²) in [7, 11) is 0. The standard InChI is InChI=1S/C18H16IN3O2/c19-13-7-2-4-9-15(13)21-17(23)11-5-10-16-20-14-8-3-1-6-12(14)18(24)22-16/h1-4,6-9H,5,10-11H2,(H,21,23)(H,20,22,24). The van der Waals surface area contributed by atoms with E-state index in [0.29, 0.717) is 36.0 Å². The molecule has 122 valence electrons. The quantitative estimate of drug-likeness (QED) is 0.605. The van der Waals surface area contributed by atoms with Crippen LogP contribution in [0.5, 0.6) is 0 Å². The molecule has 0 aliphatic carbocycles. The fourth-order valence-corrected chi connectivity index (χ4v) is 2.97. The Morgan fingerprint density at radius 1 is 1.12 bits per heavy atom. The molecule has 0 fully saturated rings. The zero-order valence-corrected chi connectivity index (χ0v) is 15.0. The Morgan fingerprint density at radius 3 is 2.71 bits per heavy atom. The Balaban J connectivity index is 1.59. The van der Waals surface area contributed by atoms with Crippen molar-refractivity contribution in [2.75, 3.05) is 5.32 Å². The minimum absolute atomic E-state index is 0.0396. The van der Waals surface area contributed by atoms with Gasteiger partial charge < -0.3 is 10.3 Å². The zero-order chi connectivity index (χ0) is 16.9. The van der Waals surface area contributed by atoms with Gasteiger partial charge in [-0.3, -0.25) is 9.59 Å². The molecule has 0 saturated heterocycles. The lowest BCUT2D eigenvalue weighted by Crippen LogP contribution is -2.14. The molecule has 0 aliphatic rings. The summed E-state index contributed by atoms with van der Waals surface area (Å²) in [6, 6.07) is 14.9. The molecule has 3 rings (SSSR count). The van der Waals surface area contributed by atoms with Crippen molar-refractivity contribution in [3.05, 3.63) is 68.3 Å². The van der Waals surface area contributed by atoms with E-state index in [1.807, 2.05) is 42.5 Å². The van der Waals surface area contributed by atoms with Gasteiger partial charge in [0.25, 0.3) is 5.56 Å². The number of nitrogens with one attached hydrogen (secondary N) is 2. The van der Waals surface area contributed by atoms with Crippen molar-refractivity contribution in [1.29, 1.82) is 0 Å². The summed E-state index contributed by atoms with van der Waals surface area (Å²) < 4.78 is 1.00. The first-order valence-electron chi connectivity index (χ1n) is 7.66. The fraction of sp³-hybridized carbons (Fsp3) is 0.167. The number of benzene rings is 2. The molecule has 6 heteroatoms. The molecule has 0 spiro atoms. The Bertz CT molecular complexity index is 937. The summed E-state index contributed by atoms with van der Waals surface area (Å²) in [5.74, 6) is 0.572. The average molecular weight is 433 g/mol. The Hall–Kier alpha value is -2.22. The Kier molecular flexibility index (Phi) is 5.24. The van der Waals surface area contributed by atoms with Crippen molar-refractivity contribution in [2.45, 2.75) is 19.3 Å². The number of para-hydroxylation sites is 2. The van der Waals surface area contributed by atoms with Crippen LogP contribution in [0.2, 0.25) is 0 Å². The van der Waals surface area contributed by atoms with Crippen LogP contribution in [0.4, 0.5) is 5.69 Å². The minimum Gasteiger partial charge on any atom is -0.325 e. The van der Waals surface area contributed by atoms with E-state index in [9.17, 15) is 9.59 Å². The number of hydrogen-bond donors (Lipinski definition) is 2. The highest BCUT2D eigenvalue weighted by Crippen LogP contribution is 2.17. The van der Waals surface area contributed by atoms with E-state index >= 15 is 0 Å². The number of rotatable bonds is 5. The molecule has 3 aromatic rings. The number of H-pyrrole nitrogens is 1. The molecule has 1 aromatic heterocycles. The molecular weight excluding hydrogens is 417 g/mol. The predicted octanol–water partition coefficient (Wildman–Crippen LogP) is 3.49. The Morgan fingerprint density at radius 2 is 1.88 bits per heavy atom. The first-order chi connectivity index (χ1) is 11.6. The van der Waals surface area contributed by atoms with Gasteiger partial charge in [0.15, 0.2) is 0 Å². The minimum atomic E-state index is -0.140. The van der Waals surface area contributed by atoms with Gasteiger partial charge in [-0.05, 0) is 53.3 Å². The van der Waals surface area contributed by atoms with Crippen LogP contribution in [-0.4, -0.2) is 15.9 Å². The molecule has 0 aliphatic heterocycles. The van der Waals surface area contributed by atoms with E-state index in [1.165, 1.54) is 0 Å². The van der Waals surface area contributed by atoms with Crippen LogP contribution in [0.25, 0.3) is 10.9 Å². The SMILES string of the molecule is O=C(CCCc1nc2ccccc2c(=O)[nH]1)Nc1ccccc1I. The summed E-state index contributed by atoms with van der Waals surface area (Å²) in [6.45, 7) is 0. The van der Waals surface area contributed by atoms with E-state index < -0.39 is 0 Å². The maximum absolute atomic E-state index is 12.0. The van der Waals surface area contributed by atoms with E-state index in [1.54, 1.807) is 6.07 Å². The Labute approximate surface area is 152 Å².